The highest BCUT2D eigenvalue weighted by atomic mass is 16.2. The van der Waals surface area contributed by atoms with Gasteiger partial charge in [-0.2, -0.15) is 0 Å². The molecule has 0 unspecified atom stereocenters. The van der Waals surface area contributed by atoms with Crippen molar-refractivity contribution in [2.24, 2.45) is 5.73 Å². The molecular weight excluding hydrogens is 254 g/mol. The molecule has 3 N–H and O–H groups in total. The van der Waals surface area contributed by atoms with E-state index in [1.807, 2.05) is 43.3 Å². The monoisotopic (exact) mass is 270 g/mol. The Morgan fingerprint density at radius 3 is 2.65 bits per heavy atom. The number of fused-ring (bicyclic) bond motifs is 1. The van der Waals surface area contributed by atoms with E-state index in [0.29, 0.717) is 6.67 Å². The molecule has 0 saturated carbocycles. The molecule has 5 nitrogen and oxygen atoms in total. The standard InChI is InChI=1S/C15H16N3O2/c1-18(2)9-17-15(20)13-8-11-6-4-3-5-10(11)7-12(13)14(16)19/h3-7H,9H2,1-2H3,(H2,16,19)(H,17,20). The zero-order chi connectivity index (χ0) is 14.7. The molecule has 0 heterocycles. The molecule has 0 saturated heterocycles. The molecule has 0 aliphatic heterocycles. The summed E-state index contributed by atoms with van der Waals surface area (Å²) >= 11 is 0. The van der Waals surface area contributed by atoms with Crippen molar-refractivity contribution in [1.82, 2.24) is 10.2 Å². The molecule has 20 heavy (non-hydrogen) atoms. The van der Waals surface area contributed by atoms with Crippen LogP contribution in [-0.2, 0) is 0 Å². The third-order valence-electron chi connectivity index (χ3n) is 2.84. The summed E-state index contributed by atoms with van der Waals surface area (Å²) in [5, 5.41) is 4.30. The van der Waals surface area contributed by atoms with Gasteiger partial charge in [-0.1, -0.05) is 24.3 Å². The normalized spacial score (nSPS) is 10.8. The van der Waals surface area contributed by atoms with Crippen molar-refractivity contribution in [1.29, 1.82) is 0 Å². The van der Waals surface area contributed by atoms with Crippen LogP contribution in [0.15, 0.2) is 30.3 Å². The van der Waals surface area contributed by atoms with Crippen LogP contribution in [0.4, 0.5) is 0 Å². The summed E-state index contributed by atoms with van der Waals surface area (Å²) in [6.45, 7) is 0.373. The number of amides is 2. The highest BCUT2D eigenvalue weighted by Gasteiger charge is 2.16. The average molecular weight is 270 g/mol. The number of nitrogens with one attached hydrogen (secondary N) is 1. The predicted molar refractivity (Wildman–Crippen MR) is 77.3 cm³/mol. The van der Waals surface area contributed by atoms with Crippen molar-refractivity contribution in [3.63, 3.8) is 0 Å². The van der Waals surface area contributed by atoms with Crippen molar-refractivity contribution < 1.29 is 9.59 Å². The minimum absolute atomic E-state index is 0.179. The lowest BCUT2D eigenvalue weighted by molar-refractivity contribution is 0.0921. The van der Waals surface area contributed by atoms with Crippen LogP contribution in [0.25, 0.3) is 10.8 Å². The predicted octanol–water partition coefficient (Wildman–Crippen LogP) is 0.988. The second kappa shape index (κ2) is 5.71. The van der Waals surface area contributed by atoms with Crippen molar-refractivity contribution in [2.45, 2.75) is 0 Å². The molecule has 2 rings (SSSR count). The van der Waals surface area contributed by atoms with Crippen LogP contribution in [0.3, 0.4) is 0 Å². The van der Waals surface area contributed by atoms with Gasteiger partial charge in [0.1, 0.15) is 0 Å². The van der Waals surface area contributed by atoms with Gasteiger partial charge in [-0.15, -0.1) is 0 Å². The van der Waals surface area contributed by atoms with E-state index in [1.165, 1.54) is 0 Å². The third kappa shape index (κ3) is 2.95. The van der Waals surface area contributed by atoms with Gasteiger partial charge in [-0.3, -0.25) is 14.5 Å². The molecule has 1 radical (unpaired) electrons. The highest BCUT2D eigenvalue weighted by Crippen LogP contribution is 2.19. The summed E-state index contributed by atoms with van der Waals surface area (Å²) in [6, 6.07) is 12.0. The van der Waals surface area contributed by atoms with Crippen molar-refractivity contribution >= 4 is 22.6 Å². The number of primary amides is 1. The summed E-state index contributed by atoms with van der Waals surface area (Å²) in [5.41, 5.74) is 5.71. The molecule has 2 aromatic carbocycles. The van der Waals surface area contributed by atoms with E-state index in [1.54, 1.807) is 6.07 Å². The van der Waals surface area contributed by atoms with Gasteiger partial charge in [0.2, 0.25) is 5.91 Å². The van der Waals surface area contributed by atoms with Crippen LogP contribution in [0, 0.1) is 6.07 Å². The van der Waals surface area contributed by atoms with Gasteiger partial charge >= 0.3 is 0 Å². The number of nitrogens with two attached hydrogens (primary N) is 1. The maximum absolute atomic E-state index is 12.1. The lowest BCUT2D eigenvalue weighted by Gasteiger charge is -2.13. The minimum Gasteiger partial charge on any atom is -0.366 e. The number of hydrogen-bond donors (Lipinski definition) is 2. The van der Waals surface area contributed by atoms with Crippen LogP contribution >= 0.6 is 0 Å². The maximum Gasteiger partial charge on any atom is 0.253 e. The van der Waals surface area contributed by atoms with E-state index in [0.717, 1.165) is 10.8 Å². The summed E-state index contributed by atoms with van der Waals surface area (Å²) in [7, 11) is 3.67. The smallest absolute Gasteiger partial charge is 0.253 e. The first-order valence-corrected chi connectivity index (χ1v) is 6.17. The van der Waals surface area contributed by atoms with E-state index in [2.05, 4.69) is 11.4 Å². The first kappa shape index (κ1) is 14.0. The first-order valence-electron chi connectivity index (χ1n) is 6.17. The van der Waals surface area contributed by atoms with E-state index >= 15 is 0 Å². The molecule has 0 fully saturated rings. The van der Waals surface area contributed by atoms with Crippen LogP contribution in [0.1, 0.15) is 20.7 Å². The SMILES string of the molecule is CN(C)CNC(=O)c1[c]c2ccccc2cc1C(N)=O. The lowest BCUT2D eigenvalue weighted by Crippen LogP contribution is -2.34. The fraction of sp³-hybridized carbons (Fsp3) is 0.200. The summed E-state index contributed by atoms with van der Waals surface area (Å²) in [6.07, 6.45) is 0. The Bertz CT molecular complexity index is 665. The molecule has 5 heteroatoms. The van der Waals surface area contributed by atoms with Crippen molar-refractivity contribution in [2.75, 3.05) is 20.8 Å². The Morgan fingerprint density at radius 1 is 1.30 bits per heavy atom. The van der Waals surface area contributed by atoms with E-state index in [4.69, 9.17) is 5.73 Å². The van der Waals surface area contributed by atoms with Crippen LogP contribution < -0.4 is 11.1 Å². The van der Waals surface area contributed by atoms with E-state index in [-0.39, 0.29) is 17.0 Å². The van der Waals surface area contributed by atoms with Gasteiger partial charge in [-0.25, -0.2) is 0 Å². The number of carbonyl (C=O) groups excluding carboxylic acids is 2. The Labute approximate surface area is 117 Å². The minimum atomic E-state index is -0.637. The topological polar surface area (TPSA) is 75.4 Å². The molecular formula is C15H16N3O2. The molecule has 0 bridgehead atoms. The lowest BCUT2D eigenvalue weighted by atomic mass is 10.00. The van der Waals surface area contributed by atoms with Gasteiger partial charge in [0.25, 0.3) is 5.91 Å². The summed E-state index contributed by atoms with van der Waals surface area (Å²) in [4.78, 5) is 25.5. The molecule has 0 aliphatic rings. The van der Waals surface area contributed by atoms with Gasteiger partial charge < -0.3 is 11.1 Å². The Kier molecular flexibility index (Phi) is 4.00. The van der Waals surface area contributed by atoms with Crippen molar-refractivity contribution in [3.8, 4) is 0 Å². The maximum atomic E-state index is 12.1. The quantitative estimate of drug-likeness (QED) is 0.813. The number of benzene rings is 2. The molecule has 103 valence electrons. The summed E-state index contributed by atoms with van der Waals surface area (Å²) in [5.74, 6) is -1.000. The largest absolute Gasteiger partial charge is 0.366 e. The molecule has 0 aromatic heterocycles. The molecule has 2 aromatic rings. The van der Waals surface area contributed by atoms with Crippen LogP contribution in [0.2, 0.25) is 0 Å². The number of hydrogen-bond acceptors (Lipinski definition) is 3. The molecule has 2 amide bonds. The average Bonchev–Trinajstić information content (AvgIpc) is 2.43. The Balaban J connectivity index is 2.46. The zero-order valence-electron chi connectivity index (χ0n) is 11.4. The van der Waals surface area contributed by atoms with Crippen LogP contribution in [0.5, 0.6) is 0 Å². The van der Waals surface area contributed by atoms with E-state index in [9.17, 15) is 9.59 Å². The van der Waals surface area contributed by atoms with Gasteiger partial charge in [0.15, 0.2) is 0 Å². The highest BCUT2D eigenvalue weighted by molar-refractivity contribution is 6.09. The Hall–Kier alpha value is -2.40. The zero-order valence-corrected chi connectivity index (χ0v) is 11.4. The fourth-order valence-corrected chi connectivity index (χ4v) is 1.86. The summed E-state index contributed by atoms with van der Waals surface area (Å²) < 4.78 is 0. The van der Waals surface area contributed by atoms with Gasteiger partial charge in [0.05, 0.1) is 17.8 Å². The van der Waals surface area contributed by atoms with Crippen LogP contribution in [-0.4, -0.2) is 37.5 Å². The molecule has 0 spiro atoms. The number of rotatable bonds is 4. The molecule has 0 atom stereocenters. The fourth-order valence-electron chi connectivity index (χ4n) is 1.86. The number of carbonyl (C=O) groups is 2. The van der Waals surface area contributed by atoms with Gasteiger partial charge in [-0.05, 0) is 30.9 Å². The van der Waals surface area contributed by atoms with Crippen molar-refractivity contribution in [3.05, 3.63) is 47.5 Å². The first-order chi connectivity index (χ1) is 9.49. The Morgan fingerprint density at radius 2 is 2.00 bits per heavy atom. The van der Waals surface area contributed by atoms with Gasteiger partial charge in [0, 0.05) is 6.07 Å². The van der Waals surface area contributed by atoms with E-state index < -0.39 is 5.91 Å². The molecule has 0 aliphatic carbocycles. The second-order valence-electron chi connectivity index (χ2n) is 4.75. The third-order valence-corrected chi connectivity index (χ3v) is 2.84. The number of nitrogens with zero attached hydrogens (tertiary/aromatic N) is 1. The second-order valence-corrected chi connectivity index (χ2v) is 4.75.